The van der Waals surface area contributed by atoms with Gasteiger partial charge in [-0.25, -0.2) is 9.18 Å². The molecule has 110 valence electrons. The zero-order chi connectivity index (χ0) is 15.4. The van der Waals surface area contributed by atoms with Crippen LogP contribution in [0.4, 0.5) is 10.1 Å². The Morgan fingerprint density at radius 3 is 2.62 bits per heavy atom. The van der Waals surface area contributed by atoms with Crippen LogP contribution in [0.5, 0.6) is 0 Å². The molecule has 0 saturated heterocycles. The number of hydrogen-bond donors (Lipinski definition) is 1. The third kappa shape index (κ3) is 3.52. The monoisotopic (exact) mass is 307 g/mol. The quantitative estimate of drug-likeness (QED) is 0.864. The number of ether oxygens (including phenoxy) is 1. The highest BCUT2D eigenvalue weighted by atomic mass is 35.5. The first-order valence-electron chi connectivity index (χ1n) is 6.38. The number of aryl methyl sites for hydroxylation is 1. The topological polar surface area (TPSA) is 38.3 Å². The van der Waals surface area contributed by atoms with E-state index < -0.39 is 12.0 Å². The van der Waals surface area contributed by atoms with Gasteiger partial charge in [-0.05, 0) is 42.3 Å². The van der Waals surface area contributed by atoms with Crippen LogP contribution in [0.15, 0.2) is 42.5 Å². The van der Waals surface area contributed by atoms with Crippen molar-refractivity contribution in [3.8, 4) is 0 Å². The fourth-order valence-corrected chi connectivity index (χ4v) is 2.27. The molecule has 0 amide bonds. The van der Waals surface area contributed by atoms with E-state index in [1.807, 2.05) is 0 Å². The maximum Gasteiger partial charge on any atom is 0.332 e. The number of hydrogen-bond acceptors (Lipinski definition) is 3. The van der Waals surface area contributed by atoms with Crippen LogP contribution in [-0.2, 0) is 9.53 Å². The molecule has 5 heteroatoms. The largest absolute Gasteiger partial charge is 0.467 e. The third-order valence-corrected chi connectivity index (χ3v) is 3.48. The summed E-state index contributed by atoms with van der Waals surface area (Å²) in [7, 11) is 1.31. The van der Waals surface area contributed by atoms with Crippen molar-refractivity contribution in [2.24, 2.45) is 0 Å². The lowest BCUT2D eigenvalue weighted by Crippen LogP contribution is -2.23. The number of benzene rings is 2. The van der Waals surface area contributed by atoms with E-state index in [2.05, 4.69) is 5.32 Å². The molecule has 2 rings (SSSR count). The molecular weight excluding hydrogens is 293 g/mol. The van der Waals surface area contributed by atoms with Crippen molar-refractivity contribution in [1.29, 1.82) is 0 Å². The van der Waals surface area contributed by atoms with E-state index in [0.717, 1.165) is 0 Å². The Hall–Kier alpha value is -2.07. The standard InChI is InChI=1S/C16H15ClFNO2/c1-10-9-11(18)7-8-12(10)15(16(20)21-2)19-14-6-4-3-5-13(14)17/h3-9,15,19H,1-2H3. The molecule has 0 fully saturated rings. The summed E-state index contributed by atoms with van der Waals surface area (Å²) in [5.74, 6) is -0.817. The average Bonchev–Trinajstić information content (AvgIpc) is 2.46. The molecule has 0 spiro atoms. The number of methoxy groups -OCH3 is 1. The second-order valence-electron chi connectivity index (χ2n) is 4.58. The van der Waals surface area contributed by atoms with Crippen molar-refractivity contribution in [3.05, 3.63) is 64.4 Å². The van der Waals surface area contributed by atoms with E-state index >= 15 is 0 Å². The first-order chi connectivity index (χ1) is 10.0. The number of esters is 1. The van der Waals surface area contributed by atoms with Gasteiger partial charge in [-0.1, -0.05) is 29.8 Å². The van der Waals surface area contributed by atoms with Gasteiger partial charge in [-0.15, -0.1) is 0 Å². The molecule has 3 nitrogen and oxygen atoms in total. The summed E-state index contributed by atoms with van der Waals surface area (Å²) in [6.07, 6.45) is 0. The van der Waals surface area contributed by atoms with E-state index in [0.29, 0.717) is 21.8 Å². The fraction of sp³-hybridized carbons (Fsp3) is 0.188. The Balaban J connectivity index is 2.40. The molecule has 0 aliphatic heterocycles. The lowest BCUT2D eigenvalue weighted by Gasteiger charge is -2.20. The zero-order valence-electron chi connectivity index (χ0n) is 11.7. The molecule has 0 aliphatic carbocycles. The van der Waals surface area contributed by atoms with Gasteiger partial charge in [-0.3, -0.25) is 0 Å². The van der Waals surface area contributed by atoms with Crippen LogP contribution < -0.4 is 5.32 Å². The van der Waals surface area contributed by atoms with Gasteiger partial charge in [0.1, 0.15) is 5.82 Å². The Kier molecular flexibility index (Phi) is 4.81. The second kappa shape index (κ2) is 6.59. The van der Waals surface area contributed by atoms with Crippen LogP contribution in [0.2, 0.25) is 5.02 Å². The number of carbonyl (C=O) groups is 1. The van der Waals surface area contributed by atoms with Gasteiger partial charge < -0.3 is 10.1 Å². The lowest BCUT2D eigenvalue weighted by atomic mass is 10.0. The summed E-state index contributed by atoms with van der Waals surface area (Å²) in [4.78, 5) is 12.0. The number of nitrogens with one attached hydrogen (secondary N) is 1. The molecule has 21 heavy (non-hydrogen) atoms. The maximum atomic E-state index is 13.2. The summed E-state index contributed by atoms with van der Waals surface area (Å²) in [5, 5.41) is 3.54. The van der Waals surface area contributed by atoms with Crippen LogP contribution in [0.3, 0.4) is 0 Å². The molecule has 2 aromatic rings. The molecule has 0 aromatic heterocycles. The minimum atomic E-state index is -0.754. The summed E-state index contributed by atoms with van der Waals surface area (Å²) in [6.45, 7) is 1.74. The first-order valence-corrected chi connectivity index (χ1v) is 6.75. The normalized spacial score (nSPS) is 11.8. The number of rotatable bonds is 4. The molecule has 0 radical (unpaired) electrons. The number of anilines is 1. The summed E-state index contributed by atoms with van der Waals surface area (Å²) in [6, 6.07) is 10.6. The van der Waals surface area contributed by atoms with Gasteiger partial charge in [0.2, 0.25) is 0 Å². The van der Waals surface area contributed by atoms with Crippen molar-refractivity contribution in [3.63, 3.8) is 0 Å². The minimum absolute atomic E-state index is 0.349. The van der Waals surface area contributed by atoms with Crippen molar-refractivity contribution in [2.75, 3.05) is 12.4 Å². The summed E-state index contributed by atoms with van der Waals surface area (Å²) >= 11 is 6.09. The molecule has 1 unspecified atom stereocenters. The van der Waals surface area contributed by atoms with Crippen LogP contribution in [0.1, 0.15) is 17.2 Å². The summed E-state index contributed by atoms with van der Waals surface area (Å²) in [5.41, 5.74) is 1.91. The van der Waals surface area contributed by atoms with E-state index in [1.165, 1.54) is 19.2 Å². The van der Waals surface area contributed by atoms with Gasteiger partial charge in [0.25, 0.3) is 0 Å². The van der Waals surface area contributed by atoms with Crippen molar-refractivity contribution in [1.82, 2.24) is 0 Å². The van der Waals surface area contributed by atoms with Crippen LogP contribution >= 0.6 is 11.6 Å². The highest BCUT2D eigenvalue weighted by Crippen LogP contribution is 2.28. The Morgan fingerprint density at radius 2 is 2.00 bits per heavy atom. The second-order valence-corrected chi connectivity index (χ2v) is 4.99. The van der Waals surface area contributed by atoms with Crippen molar-refractivity contribution >= 4 is 23.3 Å². The predicted octanol–water partition coefficient (Wildman–Crippen LogP) is 4.11. The van der Waals surface area contributed by atoms with Crippen molar-refractivity contribution in [2.45, 2.75) is 13.0 Å². The van der Waals surface area contributed by atoms with E-state index in [9.17, 15) is 9.18 Å². The van der Waals surface area contributed by atoms with Gasteiger partial charge >= 0.3 is 5.97 Å². The highest BCUT2D eigenvalue weighted by Gasteiger charge is 2.23. The Bertz CT molecular complexity index is 660. The molecule has 0 aliphatic rings. The first kappa shape index (κ1) is 15.3. The van der Waals surface area contributed by atoms with Crippen LogP contribution in [0, 0.1) is 12.7 Å². The van der Waals surface area contributed by atoms with Gasteiger partial charge in [0.05, 0.1) is 17.8 Å². The van der Waals surface area contributed by atoms with Crippen LogP contribution in [-0.4, -0.2) is 13.1 Å². The SMILES string of the molecule is COC(=O)C(Nc1ccccc1Cl)c1ccc(F)cc1C. The maximum absolute atomic E-state index is 13.2. The Labute approximate surface area is 127 Å². The van der Waals surface area contributed by atoms with Gasteiger partial charge in [0.15, 0.2) is 6.04 Å². The molecule has 1 atom stereocenters. The molecular formula is C16H15ClFNO2. The molecule has 2 aromatic carbocycles. The third-order valence-electron chi connectivity index (χ3n) is 3.15. The van der Waals surface area contributed by atoms with E-state index in [1.54, 1.807) is 37.3 Å². The van der Waals surface area contributed by atoms with Gasteiger partial charge in [-0.2, -0.15) is 0 Å². The molecule has 0 bridgehead atoms. The minimum Gasteiger partial charge on any atom is -0.467 e. The average molecular weight is 308 g/mol. The Morgan fingerprint density at radius 1 is 1.29 bits per heavy atom. The van der Waals surface area contributed by atoms with E-state index in [-0.39, 0.29) is 5.82 Å². The number of halogens is 2. The van der Waals surface area contributed by atoms with Gasteiger partial charge in [0, 0.05) is 0 Å². The number of carbonyl (C=O) groups excluding carboxylic acids is 1. The van der Waals surface area contributed by atoms with Crippen molar-refractivity contribution < 1.29 is 13.9 Å². The fourth-order valence-electron chi connectivity index (χ4n) is 2.08. The highest BCUT2D eigenvalue weighted by molar-refractivity contribution is 6.33. The lowest BCUT2D eigenvalue weighted by molar-refractivity contribution is -0.141. The smallest absolute Gasteiger partial charge is 0.332 e. The predicted molar refractivity (Wildman–Crippen MR) is 81.0 cm³/mol. The van der Waals surface area contributed by atoms with Crippen LogP contribution in [0.25, 0.3) is 0 Å². The molecule has 0 saturated carbocycles. The zero-order valence-corrected chi connectivity index (χ0v) is 12.4. The summed E-state index contributed by atoms with van der Waals surface area (Å²) < 4.78 is 18.1. The number of para-hydroxylation sites is 1. The molecule has 1 N–H and O–H groups in total. The van der Waals surface area contributed by atoms with E-state index in [4.69, 9.17) is 16.3 Å². The molecule has 0 heterocycles.